The Kier molecular flexibility index (Phi) is 4.32. The number of rotatable bonds is 1. The largest absolute Gasteiger partial charge is 0.351 e. The molecule has 92 valence electrons. The lowest BCUT2D eigenvalue weighted by Gasteiger charge is -2.07. The van der Waals surface area contributed by atoms with E-state index in [0.717, 1.165) is 10.9 Å². The van der Waals surface area contributed by atoms with Gasteiger partial charge in [0.15, 0.2) is 0 Å². The molecule has 0 aliphatic carbocycles. The molecule has 2 aromatic rings. The molecular weight excluding hydrogens is 212 g/mol. The number of nitrogens with one attached hydrogen (secondary N) is 1. The number of hydrogen-bond acceptors (Lipinski definition) is 1. The SMILES string of the molecule is CC.Cc1ccc2cc(C(=O)N(C)C)[nH]c2c1. The first-order valence-corrected chi connectivity index (χ1v) is 5.89. The van der Waals surface area contributed by atoms with E-state index in [1.54, 1.807) is 19.0 Å². The van der Waals surface area contributed by atoms with E-state index in [9.17, 15) is 4.79 Å². The molecule has 0 saturated carbocycles. The minimum absolute atomic E-state index is 0.00357. The van der Waals surface area contributed by atoms with Crippen LogP contribution in [0.3, 0.4) is 0 Å². The molecule has 0 radical (unpaired) electrons. The zero-order chi connectivity index (χ0) is 13.0. The highest BCUT2D eigenvalue weighted by Crippen LogP contribution is 2.17. The molecule has 17 heavy (non-hydrogen) atoms. The van der Waals surface area contributed by atoms with Gasteiger partial charge in [0, 0.05) is 25.0 Å². The number of fused-ring (bicyclic) bond motifs is 1. The fourth-order valence-electron chi connectivity index (χ4n) is 1.60. The van der Waals surface area contributed by atoms with E-state index < -0.39 is 0 Å². The summed E-state index contributed by atoms with van der Waals surface area (Å²) >= 11 is 0. The summed E-state index contributed by atoms with van der Waals surface area (Å²) in [6.07, 6.45) is 0. The molecule has 0 aliphatic rings. The molecule has 1 aromatic carbocycles. The summed E-state index contributed by atoms with van der Waals surface area (Å²) in [5.41, 5.74) is 2.84. The summed E-state index contributed by atoms with van der Waals surface area (Å²) in [4.78, 5) is 16.4. The summed E-state index contributed by atoms with van der Waals surface area (Å²) in [6.45, 7) is 6.04. The number of aromatic amines is 1. The lowest BCUT2D eigenvalue weighted by Crippen LogP contribution is -2.21. The average molecular weight is 232 g/mol. The Bertz CT molecular complexity index is 512. The van der Waals surface area contributed by atoms with Crippen molar-refractivity contribution in [2.24, 2.45) is 0 Å². The van der Waals surface area contributed by atoms with Gasteiger partial charge in [-0.1, -0.05) is 26.0 Å². The van der Waals surface area contributed by atoms with E-state index in [4.69, 9.17) is 0 Å². The van der Waals surface area contributed by atoms with E-state index in [0.29, 0.717) is 5.69 Å². The summed E-state index contributed by atoms with van der Waals surface area (Å²) < 4.78 is 0. The Hall–Kier alpha value is -1.77. The molecule has 3 nitrogen and oxygen atoms in total. The number of hydrogen-bond donors (Lipinski definition) is 1. The van der Waals surface area contributed by atoms with Crippen LogP contribution in [0.25, 0.3) is 10.9 Å². The Morgan fingerprint density at radius 1 is 1.18 bits per heavy atom. The van der Waals surface area contributed by atoms with Gasteiger partial charge in [0.1, 0.15) is 5.69 Å². The van der Waals surface area contributed by atoms with Crippen LogP contribution in [0.1, 0.15) is 29.9 Å². The smallest absolute Gasteiger partial charge is 0.269 e. The zero-order valence-corrected chi connectivity index (χ0v) is 11.2. The lowest BCUT2D eigenvalue weighted by atomic mass is 10.2. The van der Waals surface area contributed by atoms with E-state index in [1.165, 1.54) is 5.56 Å². The molecule has 0 saturated heterocycles. The van der Waals surface area contributed by atoms with E-state index in [1.807, 2.05) is 45.0 Å². The summed E-state index contributed by atoms with van der Waals surface area (Å²) in [6, 6.07) is 7.99. The minimum atomic E-state index is 0.00357. The highest BCUT2D eigenvalue weighted by Gasteiger charge is 2.10. The third kappa shape index (κ3) is 2.87. The third-order valence-electron chi connectivity index (χ3n) is 2.41. The molecule has 0 spiro atoms. The molecule has 0 unspecified atom stereocenters. The number of H-pyrrole nitrogens is 1. The van der Waals surface area contributed by atoms with Crippen LogP contribution in [0.15, 0.2) is 24.3 Å². The maximum absolute atomic E-state index is 11.7. The van der Waals surface area contributed by atoms with E-state index in [2.05, 4.69) is 4.98 Å². The van der Waals surface area contributed by atoms with Gasteiger partial charge in [-0.25, -0.2) is 0 Å². The summed E-state index contributed by atoms with van der Waals surface area (Å²) in [5.74, 6) is 0.00357. The van der Waals surface area contributed by atoms with E-state index >= 15 is 0 Å². The highest BCUT2D eigenvalue weighted by atomic mass is 16.2. The van der Waals surface area contributed by atoms with Gasteiger partial charge < -0.3 is 9.88 Å². The Morgan fingerprint density at radius 2 is 1.82 bits per heavy atom. The average Bonchev–Trinajstić information content (AvgIpc) is 2.73. The number of amides is 1. The Morgan fingerprint density at radius 3 is 2.41 bits per heavy atom. The minimum Gasteiger partial charge on any atom is -0.351 e. The molecule has 0 atom stereocenters. The molecule has 0 aliphatic heterocycles. The van der Waals surface area contributed by atoms with Crippen molar-refractivity contribution in [2.75, 3.05) is 14.1 Å². The van der Waals surface area contributed by atoms with E-state index in [-0.39, 0.29) is 5.91 Å². The second-order valence-corrected chi connectivity index (χ2v) is 3.97. The van der Waals surface area contributed by atoms with Gasteiger partial charge in [0.05, 0.1) is 0 Å². The highest BCUT2D eigenvalue weighted by molar-refractivity contribution is 5.97. The Balaban J connectivity index is 0.000000686. The van der Waals surface area contributed by atoms with Gasteiger partial charge in [-0.05, 0) is 24.6 Å². The van der Waals surface area contributed by atoms with Crippen LogP contribution in [-0.4, -0.2) is 29.9 Å². The number of aromatic nitrogens is 1. The standard InChI is InChI=1S/C12H14N2O.C2H6/c1-8-4-5-9-7-11(12(15)14(2)3)13-10(9)6-8;1-2/h4-7,13H,1-3H3;1-2H3. The number of aryl methyl sites for hydroxylation is 1. The molecule has 1 heterocycles. The van der Waals surface area contributed by atoms with Crippen molar-refractivity contribution < 1.29 is 4.79 Å². The first-order chi connectivity index (χ1) is 8.08. The molecule has 1 aromatic heterocycles. The first kappa shape index (κ1) is 13.3. The van der Waals surface area contributed by atoms with Crippen molar-refractivity contribution >= 4 is 16.8 Å². The lowest BCUT2D eigenvalue weighted by molar-refractivity contribution is 0.0823. The molecule has 0 fully saturated rings. The third-order valence-corrected chi connectivity index (χ3v) is 2.41. The van der Waals surface area contributed by atoms with Crippen LogP contribution in [0.4, 0.5) is 0 Å². The predicted molar refractivity (Wildman–Crippen MR) is 72.4 cm³/mol. The zero-order valence-electron chi connectivity index (χ0n) is 11.2. The molecule has 0 bridgehead atoms. The Labute approximate surface area is 102 Å². The second kappa shape index (κ2) is 5.53. The molecule has 3 heteroatoms. The van der Waals surface area contributed by atoms with Crippen molar-refractivity contribution in [3.8, 4) is 0 Å². The summed E-state index contributed by atoms with van der Waals surface area (Å²) in [5, 5.41) is 1.07. The van der Waals surface area contributed by atoms with Crippen molar-refractivity contribution in [1.82, 2.24) is 9.88 Å². The van der Waals surface area contributed by atoms with Crippen LogP contribution in [-0.2, 0) is 0 Å². The van der Waals surface area contributed by atoms with Gasteiger partial charge in [-0.2, -0.15) is 0 Å². The molecule has 1 N–H and O–H groups in total. The number of benzene rings is 1. The number of nitrogens with zero attached hydrogens (tertiary/aromatic N) is 1. The van der Waals surface area contributed by atoms with Gasteiger partial charge >= 0.3 is 0 Å². The van der Waals surface area contributed by atoms with Crippen molar-refractivity contribution in [2.45, 2.75) is 20.8 Å². The van der Waals surface area contributed by atoms with Gasteiger partial charge in [-0.3, -0.25) is 4.79 Å². The molecule has 1 amide bonds. The quantitative estimate of drug-likeness (QED) is 0.805. The fourth-order valence-corrected chi connectivity index (χ4v) is 1.60. The maximum atomic E-state index is 11.7. The van der Waals surface area contributed by atoms with Crippen LogP contribution in [0, 0.1) is 6.92 Å². The molecular formula is C14H20N2O. The van der Waals surface area contributed by atoms with Gasteiger partial charge in [-0.15, -0.1) is 0 Å². The normalized spacial score (nSPS) is 9.71. The predicted octanol–water partition coefficient (Wildman–Crippen LogP) is 3.20. The van der Waals surface area contributed by atoms with Crippen LogP contribution < -0.4 is 0 Å². The number of carbonyl (C=O) groups excluding carboxylic acids is 1. The number of carbonyl (C=O) groups is 1. The fraction of sp³-hybridized carbons (Fsp3) is 0.357. The maximum Gasteiger partial charge on any atom is 0.269 e. The van der Waals surface area contributed by atoms with Crippen molar-refractivity contribution in [3.05, 3.63) is 35.5 Å². The van der Waals surface area contributed by atoms with Gasteiger partial charge in [0.25, 0.3) is 5.91 Å². The topological polar surface area (TPSA) is 36.1 Å². The van der Waals surface area contributed by atoms with Crippen molar-refractivity contribution in [1.29, 1.82) is 0 Å². The summed E-state index contributed by atoms with van der Waals surface area (Å²) in [7, 11) is 3.50. The monoisotopic (exact) mass is 232 g/mol. The van der Waals surface area contributed by atoms with Crippen LogP contribution >= 0.6 is 0 Å². The van der Waals surface area contributed by atoms with Crippen LogP contribution in [0.5, 0.6) is 0 Å². The van der Waals surface area contributed by atoms with Crippen molar-refractivity contribution in [3.63, 3.8) is 0 Å². The molecule has 2 rings (SSSR count). The first-order valence-electron chi connectivity index (χ1n) is 5.89. The van der Waals surface area contributed by atoms with Gasteiger partial charge in [0.2, 0.25) is 0 Å². The second-order valence-electron chi connectivity index (χ2n) is 3.97. The van der Waals surface area contributed by atoms with Crippen LogP contribution in [0.2, 0.25) is 0 Å².